The van der Waals surface area contributed by atoms with E-state index in [0.717, 1.165) is 10.4 Å². The maximum atomic E-state index is 12.8. The van der Waals surface area contributed by atoms with Crippen molar-refractivity contribution in [2.24, 2.45) is 0 Å². The molecule has 0 aliphatic rings. The average Bonchev–Trinajstić information content (AvgIpc) is 2.66. The molecule has 0 unspecified atom stereocenters. The lowest BCUT2D eigenvalue weighted by molar-refractivity contribution is -0.142. The van der Waals surface area contributed by atoms with Crippen molar-refractivity contribution in [3.05, 3.63) is 66.0 Å². The molecule has 0 heterocycles. The molecule has 2 aromatic rings. The Morgan fingerprint density at radius 2 is 1.68 bits per heavy atom. The molecule has 0 bridgehead atoms. The van der Waals surface area contributed by atoms with E-state index in [1.807, 2.05) is 0 Å². The lowest BCUT2D eigenvalue weighted by atomic mass is 10.2. The first-order valence-electron chi connectivity index (χ1n) is 8.11. The highest BCUT2D eigenvalue weighted by Gasteiger charge is 2.16. The summed E-state index contributed by atoms with van der Waals surface area (Å²) in [7, 11) is -0.711. The fourth-order valence-electron chi connectivity index (χ4n) is 2.04. The zero-order chi connectivity index (χ0) is 20.7. The van der Waals surface area contributed by atoms with Crippen molar-refractivity contribution in [2.75, 3.05) is 26.0 Å². The average molecular weight is 406 g/mol. The van der Waals surface area contributed by atoms with Crippen LogP contribution in [0, 0.1) is 5.82 Å². The molecular weight excluding hydrogens is 387 g/mol. The molecule has 0 fully saturated rings. The number of halogens is 1. The quantitative estimate of drug-likeness (QED) is 0.563. The minimum atomic E-state index is -3.55. The summed E-state index contributed by atoms with van der Waals surface area (Å²) in [6, 6.07) is 11.1. The summed E-state index contributed by atoms with van der Waals surface area (Å²) < 4.78 is 42.7. The summed E-state index contributed by atoms with van der Waals surface area (Å²) in [5.74, 6) is -1.69. The van der Waals surface area contributed by atoms with Gasteiger partial charge in [-0.3, -0.25) is 4.79 Å². The summed E-state index contributed by atoms with van der Waals surface area (Å²) in [6.07, 6.45) is 2.56. The lowest BCUT2D eigenvalue weighted by Gasteiger charge is -2.12. The van der Waals surface area contributed by atoms with Crippen LogP contribution < -0.4 is 5.32 Å². The third-order valence-corrected chi connectivity index (χ3v) is 5.37. The summed E-state index contributed by atoms with van der Waals surface area (Å²) >= 11 is 0. The summed E-state index contributed by atoms with van der Waals surface area (Å²) in [5, 5.41) is 2.49. The Morgan fingerprint density at radius 3 is 2.25 bits per heavy atom. The molecule has 0 spiro atoms. The molecule has 0 aliphatic carbocycles. The maximum Gasteiger partial charge on any atom is 0.331 e. The number of nitrogens with zero attached hydrogens (tertiary/aromatic N) is 1. The number of sulfonamides is 1. The normalized spacial score (nSPS) is 11.6. The van der Waals surface area contributed by atoms with E-state index in [4.69, 9.17) is 4.74 Å². The van der Waals surface area contributed by atoms with Crippen molar-refractivity contribution < 1.29 is 27.1 Å². The number of anilines is 1. The third kappa shape index (κ3) is 6.00. The van der Waals surface area contributed by atoms with E-state index >= 15 is 0 Å². The molecule has 7 nitrogen and oxygen atoms in total. The molecule has 1 amide bonds. The topological polar surface area (TPSA) is 92.8 Å². The maximum absolute atomic E-state index is 12.8. The van der Waals surface area contributed by atoms with Crippen molar-refractivity contribution in [3.8, 4) is 0 Å². The zero-order valence-corrected chi connectivity index (χ0v) is 16.1. The van der Waals surface area contributed by atoms with Gasteiger partial charge < -0.3 is 10.1 Å². The monoisotopic (exact) mass is 406 g/mol. The zero-order valence-electron chi connectivity index (χ0n) is 15.3. The van der Waals surface area contributed by atoms with Gasteiger partial charge in [-0.05, 0) is 48.0 Å². The van der Waals surface area contributed by atoms with E-state index < -0.39 is 28.5 Å². The minimum Gasteiger partial charge on any atom is -0.452 e. The number of nitrogens with one attached hydrogen (secondary N) is 1. The van der Waals surface area contributed by atoms with Crippen LogP contribution in [0.4, 0.5) is 10.1 Å². The first kappa shape index (κ1) is 21.3. The molecule has 2 rings (SSSR count). The van der Waals surface area contributed by atoms with E-state index in [9.17, 15) is 22.4 Å². The van der Waals surface area contributed by atoms with E-state index in [1.54, 1.807) is 0 Å². The second-order valence-electron chi connectivity index (χ2n) is 5.85. The number of carbonyl (C=O) groups excluding carboxylic acids is 2. The number of hydrogen-bond acceptors (Lipinski definition) is 5. The van der Waals surface area contributed by atoms with E-state index in [0.29, 0.717) is 11.3 Å². The molecule has 0 aliphatic heterocycles. The number of benzene rings is 2. The smallest absolute Gasteiger partial charge is 0.331 e. The van der Waals surface area contributed by atoms with Crippen LogP contribution in [0.3, 0.4) is 0 Å². The Bertz CT molecular complexity index is 968. The van der Waals surface area contributed by atoms with Gasteiger partial charge in [0, 0.05) is 25.9 Å². The van der Waals surface area contributed by atoms with E-state index in [-0.39, 0.29) is 10.7 Å². The van der Waals surface area contributed by atoms with E-state index in [2.05, 4.69) is 5.32 Å². The van der Waals surface area contributed by atoms with Gasteiger partial charge in [0.15, 0.2) is 6.61 Å². The highest BCUT2D eigenvalue weighted by molar-refractivity contribution is 7.89. The SMILES string of the molecule is CN(C)S(=O)(=O)c1ccc(NC(=O)COC(=O)/C=C/c2ccc(F)cc2)cc1. The number of amides is 1. The fraction of sp³-hybridized carbons (Fsp3) is 0.158. The number of carbonyl (C=O) groups is 2. The van der Waals surface area contributed by atoms with Gasteiger partial charge in [-0.15, -0.1) is 0 Å². The van der Waals surface area contributed by atoms with Crippen molar-refractivity contribution >= 4 is 33.7 Å². The summed E-state index contributed by atoms with van der Waals surface area (Å²) in [5.41, 5.74) is 0.969. The van der Waals surface area contributed by atoms with Crippen LogP contribution in [0.15, 0.2) is 59.5 Å². The first-order valence-corrected chi connectivity index (χ1v) is 9.55. The molecule has 0 aromatic heterocycles. The highest BCUT2D eigenvalue weighted by Crippen LogP contribution is 2.16. The molecule has 1 N–H and O–H groups in total. The van der Waals surface area contributed by atoms with Crippen molar-refractivity contribution in [2.45, 2.75) is 4.90 Å². The van der Waals surface area contributed by atoms with Crippen LogP contribution in [-0.4, -0.2) is 45.3 Å². The Hall–Kier alpha value is -3.04. The van der Waals surface area contributed by atoms with Crippen LogP contribution >= 0.6 is 0 Å². The molecule has 148 valence electrons. The van der Waals surface area contributed by atoms with Gasteiger partial charge in [0.2, 0.25) is 10.0 Å². The van der Waals surface area contributed by atoms with Gasteiger partial charge in [-0.2, -0.15) is 0 Å². The van der Waals surface area contributed by atoms with Gasteiger partial charge in [0.1, 0.15) is 5.82 Å². The summed E-state index contributed by atoms with van der Waals surface area (Å²) in [4.78, 5) is 23.6. The van der Waals surface area contributed by atoms with Gasteiger partial charge in [0.05, 0.1) is 4.90 Å². The number of rotatable bonds is 7. The molecule has 0 radical (unpaired) electrons. The molecule has 9 heteroatoms. The fourth-order valence-corrected chi connectivity index (χ4v) is 2.94. The molecular formula is C19H19FN2O5S. The molecule has 28 heavy (non-hydrogen) atoms. The number of esters is 1. The standard InChI is InChI=1S/C19H19FN2O5S/c1-22(2)28(25,26)17-10-8-16(9-11-17)21-18(23)13-27-19(24)12-5-14-3-6-15(20)7-4-14/h3-12H,13H2,1-2H3,(H,21,23)/b12-5+. The van der Waals surface area contributed by atoms with Crippen LogP contribution in [0.25, 0.3) is 6.08 Å². The van der Waals surface area contributed by atoms with E-state index in [1.165, 1.54) is 68.7 Å². The Balaban J connectivity index is 1.85. The largest absolute Gasteiger partial charge is 0.452 e. The second-order valence-corrected chi connectivity index (χ2v) is 8.00. The molecule has 0 atom stereocenters. The molecule has 2 aromatic carbocycles. The van der Waals surface area contributed by atoms with Gasteiger partial charge in [-0.1, -0.05) is 12.1 Å². The number of ether oxygens (including phenoxy) is 1. The summed E-state index contributed by atoms with van der Waals surface area (Å²) in [6.45, 7) is -0.510. The van der Waals surface area contributed by atoms with Crippen molar-refractivity contribution in [1.82, 2.24) is 4.31 Å². The van der Waals surface area contributed by atoms with Crippen molar-refractivity contribution in [3.63, 3.8) is 0 Å². The van der Waals surface area contributed by atoms with Crippen molar-refractivity contribution in [1.29, 1.82) is 0 Å². The Morgan fingerprint density at radius 1 is 1.07 bits per heavy atom. The lowest BCUT2D eigenvalue weighted by Crippen LogP contribution is -2.22. The van der Waals surface area contributed by atoms with Crippen LogP contribution in [-0.2, 0) is 24.3 Å². The van der Waals surface area contributed by atoms with Crippen LogP contribution in [0.2, 0.25) is 0 Å². The van der Waals surface area contributed by atoms with Gasteiger partial charge >= 0.3 is 5.97 Å². The molecule has 0 saturated heterocycles. The first-order chi connectivity index (χ1) is 13.2. The Labute approximate surface area is 162 Å². The second kappa shape index (κ2) is 9.25. The predicted octanol–water partition coefficient (Wildman–Crippen LogP) is 2.27. The van der Waals surface area contributed by atoms with Gasteiger partial charge in [-0.25, -0.2) is 21.9 Å². The van der Waals surface area contributed by atoms with Crippen LogP contribution in [0.1, 0.15) is 5.56 Å². The van der Waals surface area contributed by atoms with Crippen LogP contribution in [0.5, 0.6) is 0 Å². The van der Waals surface area contributed by atoms with Gasteiger partial charge in [0.25, 0.3) is 5.91 Å². The molecule has 0 saturated carbocycles. The Kier molecular flexibility index (Phi) is 7.02. The predicted molar refractivity (Wildman–Crippen MR) is 102 cm³/mol. The minimum absolute atomic E-state index is 0.0906. The highest BCUT2D eigenvalue weighted by atomic mass is 32.2. The number of hydrogen-bond donors (Lipinski definition) is 1. The third-order valence-electron chi connectivity index (χ3n) is 3.54.